The van der Waals surface area contributed by atoms with Crippen LogP contribution in [0.25, 0.3) is 5.69 Å². The molecule has 0 aliphatic carbocycles. The van der Waals surface area contributed by atoms with Crippen LogP contribution in [0.2, 0.25) is 5.15 Å². The van der Waals surface area contributed by atoms with E-state index in [4.69, 9.17) is 11.6 Å². The first-order valence-electron chi connectivity index (χ1n) is 8.13. The number of rotatable bonds is 6. The maximum Gasteiger partial charge on any atom is 0.186 e. The average Bonchev–Trinajstić information content (AvgIpc) is 3.16. The highest BCUT2D eigenvalue weighted by molar-refractivity contribution is 7.16. The Labute approximate surface area is 157 Å². The Balaban J connectivity index is 1.72. The van der Waals surface area contributed by atoms with Crippen molar-refractivity contribution in [3.63, 3.8) is 0 Å². The van der Waals surface area contributed by atoms with Crippen LogP contribution in [-0.4, -0.2) is 28.9 Å². The number of halogens is 1. The predicted molar refractivity (Wildman–Crippen MR) is 105 cm³/mol. The van der Waals surface area contributed by atoms with Gasteiger partial charge >= 0.3 is 0 Å². The summed E-state index contributed by atoms with van der Waals surface area (Å²) in [6, 6.07) is 10.3. The maximum atomic E-state index is 6.25. The third-order valence-electron chi connectivity index (χ3n) is 4.10. The van der Waals surface area contributed by atoms with Gasteiger partial charge in [0.25, 0.3) is 0 Å². The first kappa shape index (κ1) is 17.9. The van der Waals surface area contributed by atoms with Crippen molar-refractivity contribution < 1.29 is 0 Å². The first-order valence-corrected chi connectivity index (χ1v) is 9.32. The van der Waals surface area contributed by atoms with E-state index in [-0.39, 0.29) is 6.04 Å². The number of hydrogen-bond donors (Lipinski definition) is 1. The molecule has 25 heavy (non-hydrogen) atoms. The Morgan fingerprint density at radius 2 is 2.00 bits per heavy atom. The summed E-state index contributed by atoms with van der Waals surface area (Å²) in [6.07, 6.45) is 1.93. The minimum Gasteiger partial charge on any atom is -0.354 e. The van der Waals surface area contributed by atoms with E-state index in [2.05, 4.69) is 41.4 Å². The van der Waals surface area contributed by atoms with Gasteiger partial charge in [0.1, 0.15) is 5.15 Å². The zero-order chi connectivity index (χ0) is 18.0. The number of nitrogens with zero attached hydrogens (tertiary/aromatic N) is 4. The molecule has 7 heteroatoms. The van der Waals surface area contributed by atoms with Crippen LogP contribution in [0.4, 0.5) is 5.13 Å². The summed E-state index contributed by atoms with van der Waals surface area (Å²) in [5.41, 5.74) is 3.38. The maximum absolute atomic E-state index is 6.25. The molecule has 5 nitrogen and oxygen atoms in total. The molecular weight excluding hydrogens is 354 g/mol. The number of nitrogens with one attached hydrogen (secondary N) is 1. The standard InChI is InChI=1S/C18H22ClN5S/c1-12(20-11-16-17(19)22-18(25-16)23(3)4)15-10-21-24(13(15)2)14-8-6-5-7-9-14/h5-10,12,20H,11H2,1-4H3. The van der Waals surface area contributed by atoms with Crippen molar-refractivity contribution in [1.29, 1.82) is 0 Å². The summed E-state index contributed by atoms with van der Waals surface area (Å²) in [4.78, 5) is 7.39. The van der Waals surface area contributed by atoms with E-state index in [1.807, 2.05) is 48.1 Å². The molecule has 0 spiro atoms. The molecule has 1 atom stereocenters. The molecule has 1 aromatic carbocycles. The van der Waals surface area contributed by atoms with Gasteiger partial charge in [-0.15, -0.1) is 0 Å². The molecule has 3 aromatic rings. The summed E-state index contributed by atoms with van der Waals surface area (Å²) < 4.78 is 1.97. The molecule has 2 heterocycles. The molecular formula is C18H22ClN5S. The Morgan fingerprint density at radius 1 is 1.28 bits per heavy atom. The summed E-state index contributed by atoms with van der Waals surface area (Å²) in [6.45, 7) is 4.92. The highest BCUT2D eigenvalue weighted by Crippen LogP contribution is 2.29. The molecule has 0 aliphatic heterocycles. The topological polar surface area (TPSA) is 46.0 Å². The smallest absolute Gasteiger partial charge is 0.186 e. The van der Waals surface area contributed by atoms with Crippen molar-refractivity contribution in [3.05, 3.63) is 57.8 Å². The van der Waals surface area contributed by atoms with Crippen LogP contribution in [0.3, 0.4) is 0 Å². The molecule has 0 fully saturated rings. The van der Waals surface area contributed by atoms with Crippen LogP contribution < -0.4 is 10.2 Å². The Hall–Kier alpha value is -1.89. The van der Waals surface area contributed by atoms with E-state index >= 15 is 0 Å². The zero-order valence-corrected chi connectivity index (χ0v) is 16.4. The normalized spacial score (nSPS) is 12.4. The largest absolute Gasteiger partial charge is 0.354 e. The van der Waals surface area contributed by atoms with Gasteiger partial charge in [-0.3, -0.25) is 0 Å². The SMILES string of the molecule is Cc1c(C(C)NCc2sc(N(C)C)nc2Cl)cnn1-c1ccccc1. The fourth-order valence-electron chi connectivity index (χ4n) is 2.65. The van der Waals surface area contributed by atoms with E-state index in [9.17, 15) is 0 Å². The van der Waals surface area contributed by atoms with Gasteiger partial charge in [-0.1, -0.05) is 41.1 Å². The minimum absolute atomic E-state index is 0.165. The minimum atomic E-state index is 0.165. The predicted octanol–water partition coefficient (Wildman–Crippen LogP) is 4.21. The highest BCUT2D eigenvalue weighted by atomic mass is 35.5. The highest BCUT2D eigenvalue weighted by Gasteiger charge is 2.16. The average molecular weight is 376 g/mol. The molecule has 0 saturated heterocycles. The molecule has 0 radical (unpaired) electrons. The number of hydrogen-bond acceptors (Lipinski definition) is 5. The van der Waals surface area contributed by atoms with Crippen molar-refractivity contribution in [2.75, 3.05) is 19.0 Å². The van der Waals surface area contributed by atoms with E-state index < -0.39 is 0 Å². The fraction of sp³-hybridized carbons (Fsp3) is 0.333. The van der Waals surface area contributed by atoms with Crippen molar-refractivity contribution in [2.24, 2.45) is 0 Å². The fourth-order valence-corrected chi connectivity index (χ4v) is 3.79. The lowest BCUT2D eigenvalue weighted by Crippen LogP contribution is -2.18. The van der Waals surface area contributed by atoms with E-state index in [1.165, 1.54) is 5.56 Å². The quantitative estimate of drug-likeness (QED) is 0.701. The van der Waals surface area contributed by atoms with Crippen LogP contribution in [0.1, 0.15) is 29.1 Å². The number of thiazole rings is 1. The summed E-state index contributed by atoms with van der Waals surface area (Å²) >= 11 is 7.86. The molecule has 0 amide bonds. The molecule has 0 bridgehead atoms. The van der Waals surface area contributed by atoms with Gasteiger partial charge in [0, 0.05) is 37.9 Å². The van der Waals surface area contributed by atoms with Gasteiger partial charge in [-0.05, 0) is 26.0 Å². The lowest BCUT2D eigenvalue weighted by molar-refractivity contribution is 0.575. The summed E-state index contributed by atoms with van der Waals surface area (Å²) in [7, 11) is 3.94. The molecule has 3 rings (SSSR count). The second-order valence-electron chi connectivity index (χ2n) is 6.14. The number of anilines is 1. The monoisotopic (exact) mass is 375 g/mol. The van der Waals surface area contributed by atoms with Crippen LogP contribution in [-0.2, 0) is 6.54 Å². The summed E-state index contributed by atoms with van der Waals surface area (Å²) in [5, 5.41) is 9.56. The lowest BCUT2D eigenvalue weighted by Gasteiger charge is -2.13. The van der Waals surface area contributed by atoms with Crippen molar-refractivity contribution in [3.8, 4) is 5.69 Å². The third-order valence-corrected chi connectivity index (χ3v) is 5.75. The van der Waals surface area contributed by atoms with E-state index in [1.54, 1.807) is 11.3 Å². The Bertz CT molecular complexity index is 841. The molecule has 1 N–H and O–H groups in total. The number of para-hydroxylation sites is 1. The molecule has 1 unspecified atom stereocenters. The van der Waals surface area contributed by atoms with Crippen molar-refractivity contribution in [2.45, 2.75) is 26.4 Å². The Kier molecular flexibility index (Phi) is 5.42. The second kappa shape index (κ2) is 7.56. The van der Waals surface area contributed by atoms with Crippen LogP contribution in [0.15, 0.2) is 36.5 Å². The van der Waals surface area contributed by atoms with Gasteiger partial charge in [-0.2, -0.15) is 5.10 Å². The van der Waals surface area contributed by atoms with Gasteiger partial charge < -0.3 is 10.2 Å². The third kappa shape index (κ3) is 3.86. The molecule has 0 saturated carbocycles. The zero-order valence-electron chi connectivity index (χ0n) is 14.8. The van der Waals surface area contributed by atoms with Gasteiger partial charge in [0.05, 0.1) is 16.8 Å². The van der Waals surface area contributed by atoms with Gasteiger partial charge in [0.2, 0.25) is 0 Å². The van der Waals surface area contributed by atoms with E-state index in [0.717, 1.165) is 21.4 Å². The van der Waals surface area contributed by atoms with Crippen molar-refractivity contribution >= 4 is 28.1 Å². The summed E-state index contributed by atoms with van der Waals surface area (Å²) in [5.74, 6) is 0. The van der Waals surface area contributed by atoms with Gasteiger partial charge in [-0.25, -0.2) is 9.67 Å². The number of aromatic nitrogens is 3. The number of benzene rings is 1. The second-order valence-corrected chi connectivity index (χ2v) is 7.56. The lowest BCUT2D eigenvalue weighted by atomic mass is 10.1. The van der Waals surface area contributed by atoms with Crippen LogP contribution >= 0.6 is 22.9 Å². The molecule has 0 aliphatic rings. The van der Waals surface area contributed by atoms with Gasteiger partial charge in [0.15, 0.2) is 5.13 Å². The van der Waals surface area contributed by atoms with Crippen molar-refractivity contribution in [1.82, 2.24) is 20.1 Å². The van der Waals surface area contributed by atoms with Crippen LogP contribution in [0.5, 0.6) is 0 Å². The molecule has 2 aromatic heterocycles. The Morgan fingerprint density at radius 3 is 2.64 bits per heavy atom. The van der Waals surface area contributed by atoms with E-state index in [0.29, 0.717) is 11.7 Å². The molecule has 132 valence electrons. The van der Waals surface area contributed by atoms with Crippen LogP contribution in [0, 0.1) is 6.92 Å². The first-order chi connectivity index (χ1) is 12.0.